The van der Waals surface area contributed by atoms with Gasteiger partial charge in [0.25, 0.3) is 0 Å². The summed E-state index contributed by atoms with van der Waals surface area (Å²) in [6.45, 7) is 10.7. The number of rotatable bonds is 4. The molecule has 0 radical (unpaired) electrons. The second-order valence-electron chi connectivity index (χ2n) is 7.22. The van der Waals surface area contributed by atoms with Gasteiger partial charge < -0.3 is 17.2 Å². The third kappa shape index (κ3) is 2.83. The molecule has 0 bridgehead atoms. The SMILES string of the molecule is CC1(C)CC(C)(C)C(N)(CCN)CC1CCN. The van der Waals surface area contributed by atoms with Crippen molar-refractivity contribution in [2.24, 2.45) is 33.9 Å². The highest BCUT2D eigenvalue weighted by Gasteiger charge is 2.52. The lowest BCUT2D eigenvalue weighted by molar-refractivity contribution is -0.0299. The molecule has 0 heterocycles. The highest BCUT2D eigenvalue weighted by molar-refractivity contribution is 5.07. The van der Waals surface area contributed by atoms with E-state index in [1.807, 2.05) is 0 Å². The van der Waals surface area contributed by atoms with E-state index in [1.54, 1.807) is 0 Å². The molecule has 0 aromatic carbocycles. The molecule has 102 valence electrons. The molecule has 0 aromatic heterocycles. The summed E-state index contributed by atoms with van der Waals surface area (Å²) in [5.41, 5.74) is 18.5. The molecule has 2 unspecified atom stereocenters. The summed E-state index contributed by atoms with van der Waals surface area (Å²) < 4.78 is 0. The molecular weight excluding hydrogens is 210 g/mol. The lowest BCUT2D eigenvalue weighted by atomic mass is 9.51. The summed E-state index contributed by atoms with van der Waals surface area (Å²) in [6, 6.07) is 0. The van der Waals surface area contributed by atoms with E-state index in [9.17, 15) is 0 Å². The van der Waals surface area contributed by atoms with Gasteiger partial charge in [0, 0.05) is 5.54 Å². The molecule has 1 aliphatic carbocycles. The maximum Gasteiger partial charge on any atom is 0.0221 e. The van der Waals surface area contributed by atoms with Gasteiger partial charge in [0.05, 0.1) is 0 Å². The van der Waals surface area contributed by atoms with Crippen LogP contribution >= 0.6 is 0 Å². The molecule has 1 fully saturated rings. The maximum atomic E-state index is 6.67. The summed E-state index contributed by atoms with van der Waals surface area (Å²) in [7, 11) is 0. The minimum Gasteiger partial charge on any atom is -0.330 e. The van der Waals surface area contributed by atoms with Crippen LogP contribution in [0.3, 0.4) is 0 Å². The fourth-order valence-electron chi connectivity index (χ4n) is 3.84. The first-order valence-corrected chi connectivity index (χ1v) is 6.87. The Bertz CT molecular complexity index is 260. The predicted molar refractivity (Wildman–Crippen MR) is 74.5 cm³/mol. The second-order valence-corrected chi connectivity index (χ2v) is 7.22. The van der Waals surface area contributed by atoms with Crippen molar-refractivity contribution in [2.75, 3.05) is 13.1 Å². The number of hydrogen-bond donors (Lipinski definition) is 3. The first-order valence-electron chi connectivity index (χ1n) is 6.87. The summed E-state index contributed by atoms with van der Waals surface area (Å²) in [5.74, 6) is 0.622. The van der Waals surface area contributed by atoms with Crippen LogP contribution in [0.25, 0.3) is 0 Å². The first-order chi connectivity index (χ1) is 7.68. The largest absolute Gasteiger partial charge is 0.330 e. The van der Waals surface area contributed by atoms with E-state index in [2.05, 4.69) is 27.7 Å². The number of nitrogens with two attached hydrogens (primary N) is 3. The van der Waals surface area contributed by atoms with Gasteiger partial charge in [-0.05, 0) is 55.5 Å². The monoisotopic (exact) mass is 241 g/mol. The van der Waals surface area contributed by atoms with Crippen molar-refractivity contribution >= 4 is 0 Å². The van der Waals surface area contributed by atoms with Crippen LogP contribution < -0.4 is 17.2 Å². The molecule has 1 aliphatic rings. The van der Waals surface area contributed by atoms with Crippen LogP contribution in [0.2, 0.25) is 0 Å². The zero-order valence-electron chi connectivity index (χ0n) is 12.1. The van der Waals surface area contributed by atoms with Crippen LogP contribution in [0.5, 0.6) is 0 Å². The Morgan fingerprint density at radius 2 is 1.65 bits per heavy atom. The minimum atomic E-state index is -0.128. The van der Waals surface area contributed by atoms with E-state index >= 15 is 0 Å². The Labute approximate surface area is 106 Å². The van der Waals surface area contributed by atoms with Crippen LogP contribution in [0, 0.1) is 16.7 Å². The van der Waals surface area contributed by atoms with Gasteiger partial charge in [0.15, 0.2) is 0 Å². The Morgan fingerprint density at radius 3 is 2.12 bits per heavy atom. The van der Waals surface area contributed by atoms with Gasteiger partial charge in [-0.1, -0.05) is 27.7 Å². The van der Waals surface area contributed by atoms with E-state index in [1.165, 1.54) is 0 Å². The molecule has 6 N–H and O–H groups in total. The third-order valence-corrected chi connectivity index (χ3v) is 5.07. The molecule has 0 aromatic rings. The van der Waals surface area contributed by atoms with Crippen LogP contribution in [0.15, 0.2) is 0 Å². The van der Waals surface area contributed by atoms with Crippen molar-refractivity contribution in [2.45, 2.75) is 58.9 Å². The zero-order chi connectivity index (χ0) is 13.3. The molecule has 2 atom stereocenters. The van der Waals surface area contributed by atoms with Crippen molar-refractivity contribution < 1.29 is 0 Å². The molecule has 1 rings (SSSR count). The van der Waals surface area contributed by atoms with Gasteiger partial charge in [-0.25, -0.2) is 0 Å². The smallest absolute Gasteiger partial charge is 0.0221 e. The summed E-state index contributed by atoms with van der Waals surface area (Å²) >= 11 is 0. The topological polar surface area (TPSA) is 78.1 Å². The van der Waals surface area contributed by atoms with Crippen molar-refractivity contribution in [3.05, 3.63) is 0 Å². The van der Waals surface area contributed by atoms with Gasteiger partial charge in [0.1, 0.15) is 0 Å². The van der Waals surface area contributed by atoms with Gasteiger partial charge in [-0.15, -0.1) is 0 Å². The lowest BCUT2D eigenvalue weighted by Crippen LogP contribution is -2.61. The van der Waals surface area contributed by atoms with E-state index in [4.69, 9.17) is 17.2 Å². The molecule has 1 saturated carbocycles. The maximum absolute atomic E-state index is 6.67. The van der Waals surface area contributed by atoms with E-state index < -0.39 is 0 Å². The van der Waals surface area contributed by atoms with Crippen molar-refractivity contribution in [1.29, 1.82) is 0 Å². The van der Waals surface area contributed by atoms with E-state index in [0.717, 1.165) is 32.2 Å². The minimum absolute atomic E-state index is 0.128. The quantitative estimate of drug-likeness (QED) is 0.703. The third-order valence-electron chi connectivity index (χ3n) is 5.07. The fourth-order valence-corrected chi connectivity index (χ4v) is 3.84. The normalized spacial score (nSPS) is 35.8. The van der Waals surface area contributed by atoms with E-state index in [-0.39, 0.29) is 11.0 Å². The molecule has 0 amide bonds. The lowest BCUT2D eigenvalue weighted by Gasteiger charge is -2.57. The zero-order valence-corrected chi connectivity index (χ0v) is 12.1. The number of hydrogen-bond acceptors (Lipinski definition) is 3. The van der Waals surface area contributed by atoms with Crippen LogP contribution in [0.1, 0.15) is 53.4 Å². The molecule has 0 spiro atoms. The summed E-state index contributed by atoms with van der Waals surface area (Å²) in [4.78, 5) is 0. The molecular formula is C14H31N3. The molecule has 0 saturated heterocycles. The highest BCUT2D eigenvalue weighted by Crippen LogP contribution is 2.55. The standard InChI is InChI=1S/C14H31N3/c1-12(2)10-13(3,4)14(17,6-8-16)9-11(12)5-7-15/h11H,5-10,15-17H2,1-4H3. The van der Waals surface area contributed by atoms with Gasteiger partial charge >= 0.3 is 0 Å². The Kier molecular flexibility index (Phi) is 4.28. The predicted octanol–water partition coefficient (Wildman–Crippen LogP) is 1.84. The van der Waals surface area contributed by atoms with Gasteiger partial charge in [-0.3, -0.25) is 0 Å². The van der Waals surface area contributed by atoms with Crippen molar-refractivity contribution in [1.82, 2.24) is 0 Å². The van der Waals surface area contributed by atoms with Gasteiger partial charge in [0.2, 0.25) is 0 Å². The highest BCUT2D eigenvalue weighted by atomic mass is 14.8. The fraction of sp³-hybridized carbons (Fsp3) is 1.00. The molecule has 3 nitrogen and oxygen atoms in total. The average Bonchev–Trinajstić information content (AvgIpc) is 2.14. The first kappa shape index (κ1) is 14.9. The van der Waals surface area contributed by atoms with Crippen LogP contribution in [-0.4, -0.2) is 18.6 Å². The molecule has 17 heavy (non-hydrogen) atoms. The summed E-state index contributed by atoms with van der Waals surface area (Å²) in [6.07, 6.45) is 4.20. The second kappa shape index (κ2) is 4.87. The van der Waals surface area contributed by atoms with Crippen molar-refractivity contribution in [3.8, 4) is 0 Å². The average molecular weight is 241 g/mol. The Morgan fingerprint density at radius 1 is 1.06 bits per heavy atom. The summed E-state index contributed by atoms with van der Waals surface area (Å²) in [5, 5.41) is 0. The van der Waals surface area contributed by atoms with E-state index in [0.29, 0.717) is 17.9 Å². The molecule has 0 aliphatic heterocycles. The van der Waals surface area contributed by atoms with Crippen LogP contribution in [-0.2, 0) is 0 Å². The Balaban J connectivity index is 2.95. The van der Waals surface area contributed by atoms with Crippen molar-refractivity contribution in [3.63, 3.8) is 0 Å². The van der Waals surface area contributed by atoms with Crippen LogP contribution in [0.4, 0.5) is 0 Å². The Hall–Kier alpha value is -0.120. The molecule has 3 heteroatoms. The van der Waals surface area contributed by atoms with Gasteiger partial charge in [-0.2, -0.15) is 0 Å².